The summed E-state index contributed by atoms with van der Waals surface area (Å²) in [5.74, 6) is 0.0511. The van der Waals surface area contributed by atoms with Crippen LogP contribution >= 0.6 is 11.6 Å². The number of carbonyl (C=O) groups is 1. The van der Waals surface area contributed by atoms with Gasteiger partial charge in [-0.15, -0.1) is 0 Å². The Hall–Kier alpha value is -2.86. The number of esters is 1. The number of ether oxygens (including phenoxy) is 2. The number of benzene rings is 2. The number of aromatic amines is 1. The molecular weight excluding hydrogens is 330 g/mol. The summed E-state index contributed by atoms with van der Waals surface area (Å²) in [6.45, 7) is 1.98. The number of aromatic nitrogens is 3. The molecule has 6 nitrogen and oxygen atoms in total. The normalized spacial score (nSPS) is 10.4. The van der Waals surface area contributed by atoms with Crippen molar-refractivity contribution in [1.82, 2.24) is 15.4 Å². The third-order valence-corrected chi connectivity index (χ3v) is 3.49. The smallest absolute Gasteiger partial charge is 0.362 e. The van der Waals surface area contributed by atoms with E-state index >= 15 is 0 Å². The minimum atomic E-state index is -0.560. The van der Waals surface area contributed by atoms with Crippen molar-refractivity contribution in [3.63, 3.8) is 0 Å². The molecule has 3 rings (SSSR count). The Morgan fingerprint density at radius 3 is 2.33 bits per heavy atom. The molecule has 1 N–H and O–H groups in total. The Labute approximate surface area is 143 Å². The van der Waals surface area contributed by atoms with Crippen molar-refractivity contribution in [2.45, 2.75) is 6.92 Å². The Bertz CT molecular complexity index is 829. The predicted octanol–water partition coefficient (Wildman–Crippen LogP) is 4.09. The van der Waals surface area contributed by atoms with Gasteiger partial charge in [-0.3, -0.25) is 0 Å². The van der Waals surface area contributed by atoms with E-state index in [0.29, 0.717) is 10.8 Å². The van der Waals surface area contributed by atoms with Crippen LogP contribution in [0.4, 0.5) is 0 Å². The molecule has 1 aromatic heterocycles. The maximum absolute atomic E-state index is 11.8. The third kappa shape index (κ3) is 3.55. The number of rotatable bonds is 5. The molecule has 1 heterocycles. The number of halogens is 1. The fraction of sp³-hybridized carbons (Fsp3) is 0.118. The topological polar surface area (TPSA) is 77.1 Å². The molecule has 0 radical (unpaired) electrons. The Morgan fingerprint density at radius 2 is 1.71 bits per heavy atom. The SMILES string of the molecule is CCOC(=O)c1[nH]nnc1Oc1ccc(-c2ccc(Cl)cc2)cc1. The van der Waals surface area contributed by atoms with Crippen LogP contribution in [-0.2, 0) is 4.74 Å². The average Bonchev–Trinajstić information content (AvgIpc) is 3.05. The number of carbonyl (C=O) groups excluding carboxylic acids is 1. The number of nitrogens with one attached hydrogen (secondary N) is 1. The van der Waals surface area contributed by atoms with Gasteiger partial charge in [-0.1, -0.05) is 46.2 Å². The number of nitrogens with zero attached hydrogens (tertiary/aromatic N) is 2. The van der Waals surface area contributed by atoms with Gasteiger partial charge in [0.05, 0.1) is 6.61 Å². The second-order valence-electron chi connectivity index (χ2n) is 4.85. The number of H-pyrrole nitrogens is 1. The van der Waals surface area contributed by atoms with E-state index in [1.807, 2.05) is 36.4 Å². The molecule has 7 heteroatoms. The van der Waals surface area contributed by atoms with Crippen LogP contribution in [0.3, 0.4) is 0 Å². The molecule has 3 aromatic rings. The molecule has 0 aliphatic rings. The lowest BCUT2D eigenvalue weighted by Gasteiger charge is -2.06. The van der Waals surface area contributed by atoms with Gasteiger partial charge in [-0.25, -0.2) is 9.89 Å². The van der Waals surface area contributed by atoms with Crippen LogP contribution in [0.2, 0.25) is 5.02 Å². The van der Waals surface area contributed by atoms with Crippen LogP contribution < -0.4 is 4.74 Å². The Kier molecular flexibility index (Phi) is 4.77. The molecule has 0 atom stereocenters. The van der Waals surface area contributed by atoms with Crippen LogP contribution in [0.1, 0.15) is 17.4 Å². The van der Waals surface area contributed by atoms with E-state index in [2.05, 4.69) is 15.4 Å². The first-order valence-corrected chi connectivity index (χ1v) is 7.67. The van der Waals surface area contributed by atoms with Crippen molar-refractivity contribution in [1.29, 1.82) is 0 Å². The van der Waals surface area contributed by atoms with Gasteiger partial charge in [0, 0.05) is 5.02 Å². The quantitative estimate of drug-likeness (QED) is 0.706. The molecule has 0 aliphatic carbocycles. The molecule has 0 fully saturated rings. The Balaban J connectivity index is 1.76. The van der Waals surface area contributed by atoms with Gasteiger partial charge in [0.25, 0.3) is 5.88 Å². The first-order valence-electron chi connectivity index (χ1n) is 7.29. The summed E-state index contributed by atoms with van der Waals surface area (Å²) in [4.78, 5) is 11.8. The predicted molar refractivity (Wildman–Crippen MR) is 89.3 cm³/mol. The molecule has 0 saturated heterocycles. The molecule has 0 unspecified atom stereocenters. The average molecular weight is 344 g/mol. The maximum atomic E-state index is 11.8. The second kappa shape index (κ2) is 7.14. The first-order chi connectivity index (χ1) is 11.7. The van der Waals surface area contributed by atoms with Crippen molar-refractivity contribution in [2.75, 3.05) is 6.61 Å². The standard InChI is InChI=1S/C17H14ClN3O3/c1-2-23-17(22)15-16(20-21-19-15)24-14-9-5-12(6-10-14)11-3-7-13(18)8-4-11/h3-10H,2H2,1H3,(H,19,20,21). The van der Waals surface area contributed by atoms with Crippen molar-refractivity contribution in [3.05, 3.63) is 59.2 Å². The zero-order valence-corrected chi connectivity index (χ0v) is 13.6. The fourth-order valence-electron chi connectivity index (χ4n) is 2.10. The first kappa shape index (κ1) is 16.0. The Morgan fingerprint density at radius 1 is 1.08 bits per heavy atom. The molecule has 0 saturated carbocycles. The summed E-state index contributed by atoms with van der Waals surface area (Å²) in [7, 11) is 0. The van der Waals surface area contributed by atoms with Crippen LogP contribution in [-0.4, -0.2) is 28.0 Å². The highest BCUT2D eigenvalue weighted by atomic mass is 35.5. The van der Waals surface area contributed by atoms with Crippen molar-refractivity contribution in [2.24, 2.45) is 0 Å². The lowest BCUT2D eigenvalue weighted by Crippen LogP contribution is -2.06. The van der Waals surface area contributed by atoms with Gasteiger partial charge in [0.1, 0.15) is 5.75 Å². The van der Waals surface area contributed by atoms with Crippen molar-refractivity contribution >= 4 is 17.6 Å². The van der Waals surface area contributed by atoms with E-state index in [1.54, 1.807) is 19.1 Å². The van der Waals surface area contributed by atoms with Gasteiger partial charge >= 0.3 is 5.97 Å². The van der Waals surface area contributed by atoms with E-state index in [9.17, 15) is 4.79 Å². The van der Waals surface area contributed by atoms with Crippen LogP contribution in [0.25, 0.3) is 11.1 Å². The summed E-state index contributed by atoms with van der Waals surface area (Å²) in [5.41, 5.74) is 2.14. The maximum Gasteiger partial charge on any atom is 0.362 e. The van der Waals surface area contributed by atoms with Crippen LogP contribution in [0.5, 0.6) is 11.6 Å². The summed E-state index contributed by atoms with van der Waals surface area (Å²) < 4.78 is 10.5. The molecule has 0 amide bonds. The van der Waals surface area contributed by atoms with Gasteiger partial charge in [-0.05, 0) is 42.3 Å². The molecule has 24 heavy (non-hydrogen) atoms. The lowest BCUT2D eigenvalue weighted by atomic mass is 10.1. The second-order valence-corrected chi connectivity index (χ2v) is 5.28. The zero-order chi connectivity index (χ0) is 16.9. The van der Waals surface area contributed by atoms with E-state index in [0.717, 1.165) is 11.1 Å². The third-order valence-electron chi connectivity index (χ3n) is 3.24. The van der Waals surface area contributed by atoms with E-state index in [1.165, 1.54) is 0 Å². The summed E-state index contributed by atoms with van der Waals surface area (Å²) in [6, 6.07) is 14.9. The molecule has 0 aliphatic heterocycles. The lowest BCUT2D eigenvalue weighted by molar-refractivity contribution is 0.0516. The highest BCUT2D eigenvalue weighted by Crippen LogP contribution is 2.27. The number of hydrogen-bond acceptors (Lipinski definition) is 5. The summed E-state index contributed by atoms with van der Waals surface area (Å²) in [6.07, 6.45) is 0. The molecule has 122 valence electrons. The van der Waals surface area contributed by atoms with Crippen LogP contribution in [0.15, 0.2) is 48.5 Å². The van der Waals surface area contributed by atoms with Gasteiger partial charge in [0.15, 0.2) is 0 Å². The zero-order valence-electron chi connectivity index (χ0n) is 12.8. The summed E-state index contributed by atoms with van der Waals surface area (Å²) >= 11 is 5.89. The van der Waals surface area contributed by atoms with E-state index in [4.69, 9.17) is 21.1 Å². The van der Waals surface area contributed by atoms with E-state index < -0.39 is 5.97 Å². The molecular formula is C17H14ClN3O3. The van der Waals surface area contributed by atoms with Crippen molar-refractivity contribution in [3.8, 4) is 22.8 Å². The molecule has 2 aromatic carbocycles. The highest BCUT2D eigenvalue weighted by Gasteiger charge is 2.18. The highest BCUT2D eigenvalue weighted by molar-refractivity contribution is 6.30. The molecule has 0 spiro atoms. The van der Waals surface area contributed by atoms with E-state index in [-0.39, 0.29) is 18.2 Å². The molecule has 0 bridgehead atoms. The van der Waals surface area contributed by atoms with Gasteiger partial charge in [0.2, 0.25) is 5.69 Å². The summed E-state index contributed by atoms with van der Waals surface area (Å²) in [5, 5.41) is 10.5. The van der Waals surface area contributed by atoms with Gasteiger partial charge in [-0.2, -0.15) is 0 Å². The van der Waals surface area contributed by atoms with Crippen LogP contribution in [0, 0.1) is 0 Å². The minimum absolute atomic E-state index is 0.0766. The monoisotopic (exact) mass is 343 g/mol. The minimum Gasteiger partial charge on any atom is -0.461 e. The fourth-order valence-corrected chi connectivity index (χ4v) is 2.22. The van der Waals surface area contributed by atoms with Gasteiger partial charge < -0.3 is 9.47 Å². The van der Waals surface area contributed by atoms with Crippen molar-refractivity contribution < 1.29 is 14.3 Å². The number of hydrogen-bond donors (Lipinski definition) is 1. The largest absolute Gasteiger partial charge is 0.461 e.